The highest BCUT2D eigenvalue weighted by atomic mass is 35.5. The number of hydrogen-bond donors (Lipinski definition) is 1. The molecule has 5 heteroatoms. The molecule has 0 fully saturated rings. The molecular formula is C13H20ClNO2S. The summed E-state index contributed by atoms with van der Waals surface area (Å²) in [6.07, 6.45) is 2.54. The number of halogens is 1. The van der Waals surface area contributed by atoms with Crippen molar-refractivity contribution in [1.82, 2.24) is 5.32 Å². The van der Waals surface area contributed by atoms with Crippen LogP contribution in [-0.2, 0) is 9.84 Å². The molecule has 0 bridgehead atoms. The third-order valence-electron chi connectivity index (χ3n) is 3.02. The third-order valence-corrected chi connectivity index (χ3v) is 5.06. The van der Waals surface area contributed by atoms with Crippen LogP contribution in [0.4, 0.5) is 0 Å². The van der Waals surface area contributed by atoms with Gasteiger partial charge in [0, 0.05) is 11.1 Å². The summed E-state index contributed by atoms with van der Waals surface area (Å²) in [6, 6.07) is 6.83. The second-order valence-electron chi connectivity index (χ2n) is 4.31. The minimum Gasteiger partial charge on any atom is -0.317 e. The van der Waals surface area contributed by atoms with Gasteiger partial charge in [-0.2, -0.15) is 0 Å². The monoisotopic (exact) mass is 289 g/mol. The van der Waals surface area contributed by atoms with Crippen LogP contribution >= 0.6 is 11.6 Å². The Balaban J connectivity index is 2.60. The summed E-state index contributed by atoms with van der Waals surface area (Å²) in [5.74, 6) is 0.172. The predicted molar refractivity (Wildman–Crippen MR) is 75.9 cm³/mol. The summed E-state index contributed by atoms with van der Waals surface area (Å²) < 4.78 is 24.1. The highest BCUT2D eigenvalue weighted by molar-refractivity contribution is 7.91. The van der Waals surface area contributed by atoms with Crippen LogP contribution in [0.15, 0.2) is 29.2 Å². The van der Waals surface area contributed by atoms with E-state index >= 15 is 0 Å². The van der Waals surface area contributed by atoms with E-state index in [9.17, 15) is 8.42 Å². The van der Waals surface area contributed by atoms with Gasteiger partial charge in [-0.05, 0) is 44.5 Å². The Morgan fingerprint density at radius 1 is 1.39 bits per heavy atom. The van der Waals surface area contributed by atoms with E-state index in [4.69, 9.17) is 11.6 Å². The summed E-state index contributed by atoms with van der Waals surface area (Å²) in [5, 5.41) is 3.63. The van der Waals surface area contributed by atoms with E-state index in [2.05, 4.69) is 12.2 Å². The SMILES string of the molecule is CCC(CCCS(=O)(=O)c1cccc(Cl)c1)NC. The molecule has 1 atom stereocenters. The van der Waals surface area contributed by atoms with Gasteiger partial charge in [0.1, 0.15) is 0 Å². The number of benzene rings is 1. The maximum absolute atomic E-state index is 12.1. The van der Waals surface area contributed by atoms with Gasteiger partial charge in [-0.25, -0.2) is 8.42 Å². The van der Waals surface area contributed by atoms with Gasteiger partial charge in [-0.15, -0.1) is 0 Å². The second-order valence-corrected chi connectivity index (χ2v) is 6.86. The summed E-state index contributed by atoms with van der Waals surface area (Å²) in [6.45, 7) is 2.09. The van der Waals surface area contributed by atoms with E-state index < -0.39 is 9.84 Å². The van der Waals surface area contributed by atoms with Crippen LogP contribution in [0.1, 0.15) is 26.2 Å². The Hall–Kier alpha value is -0.580. The molecule has 102 valence electrons. The zero-order valence-electron chi connectivity index (χ0n) is 10.8. The van der Waals surface area contributed by atoms with Gasteiger partial charge in [-0.1, -0.05) is 24.6 Å². The van der Waals surface area contributed by atoms with Crippen molar-refractivity contribution in [2.24, 2.45) is 0 Å². The van der Waals surface area contributed by atoms with Crippen molar-refractivity contribution >= 4 is 21.4 Å². The molecule has 0 aliphatic carbocycles. The summed E-state index contributed by atoms with van der Waals surface area (Å²) in [4.78, 5) is 0.313. The lowest BCUT2D eigenvalue weighted by Gasteiger charge is -2.13. The van der Waals surface area contributed by atoms with Gasteiger partial charge in [-0.3, -0.25) is 0 Å². The van der Waals surface area contributed by atoms with Crippen molar-refractivity contribution in [1.29, 1.82) is 0 Å². The molecule has 3 nitrogen and oxygen atoms in total. The molecule has 0 amide bonds. The van der Waals surface area contributed by atoms with Crippen LogP contribution in [-0.4, -0.2) is 27.3 Å². The molecule has 0 radical (unpaired) electrons. The second kappa shape index (κ2) is 7.12. The first-order valence-electron chi connectivity index (χ1n) is 6.15. The van der Waals surface area contributed by atoms with Crippen molar-refractivity contribution in [3.63, 3.8) is 0 Å². The summed E-state index contributed by atoms with van der Waals surface area (Å²) >= 11 is 5.81. The molecule has 0 aliphatic rings. The maximum Gasteiger partial charge on any atom is 0.178 e. The molecule has 18 heavy (non-hydrogen) atoms. The zero-order chi connectivity index (χ0) is 13.6. The van der Waals surface area contributed by atoms with Gasteiger partial charge in [0.15, 0.2) is 9.84 Å². The maximum atomic E-state index is 12.1. The quantitative estimate of drug-likeness (QED) is 0.839. The van der Waals surface area contributed by atoms with Crippen LogP contribution in [0.2, 0.25) is 5.02 Å². The minimum atomic E-state index is -3.21. The standard InChI is InChI=1S/C13H20ClNO2S/c1-3-12(15-2)7-5-9-18(16,17)13-8-4-6-11(14)10-13/h4,6,8,10,12,15H,3,5,7,9H2,1-2H3. The van der Waals surface area contributed by atoms with E-state index in [0.29, 0.717) is 22.4 Å². The Kier molecular flexibility index (Phi) is 6.12. The van der Waals surface area contributed by atoms with Crippen LogP contribution in [0.5, 0.6) is 0 Å². The van der Waals surface area contributed by atoms with Gasteiger partial charge in [0.2, 0.25) is 0 Å². The first-order chi connectivity index (χ1) is 8.49. The van der Waals surface area contributed by atoms with Gasteiger partial charge in [0.25, 0.3) is 0 Å². The minimum absolute atomic E-state index is 0.172. The van der Waals surface area contributed by atoms with Gasteiger partial charge in [0.05, 0.1) is 10.6 Å². The molecule has 1 aromatic carbocycles. The van der Waals surface area contributed by atoms with Crippen LogP contribution in [0.25, 0.3) is 0 Å². The van der Waals surface area contributed by atoms with Crippen molar-refractivity contribution in [2.45, 2.75) is 37.1 Å². The molecule has 1 aromatic rings. The molecule has 0 aromatic heterocycles. The molecule has 0 aliphatic heterocycles. The van der Waals surface area contributed by atoms with Crippen LogP contribution < -0.4 is 5.32 Å². The lowest BCUT2D eigenvalue weighted by Crippen LogP contribution is -2.24. The number of sulfone groups is 1. The van der Waals surface area contributed by atoms with Gasteiger partial charge < -0.3 is 5.32 Å². The van der Waals surface area contributed by atoms with E-state index in [0.717, 1.165) is 12.8 Å². The molecule has 0 heterocycles. The average molecular weight is 290 g/mol. The topological polar surface area (TPSA) is 46.2 Å². The first-order valence-corrected chi connectivity index (χ1v) is 8.18. The highest BCUT2D eigenvalue weighted by Gasteiger charge is 2.15. The van der Waals surface area contributed by atoms with E-state index in [1.807, 2.05) is 7.05 Å². The average Bonchev–Trinajstić information content (AvgIpc) is 2.34. The van der Waals surface area contributed by atoms with Crippen LogP contribution in [0.3, 0.4) is 0 Å². The molecular weight excluding hydrogens is 270 g/mol. The Morgan fingerprint density at radius 3 is 2.67 bits per heavy atom. The number of hydrogen-bond acceptors (Lipinski definition) is 3. The molecule has 0 saturated heterocycles. The lowest BCUT2D eigenvalue weighted by molar-refractivity contribution is 0.500. The fourth-order valence-electron chi connectivity index (χ4n) is 1.85. The zero-order valence-corrected chi connectivity index (χ0v) is 12.4. The largest absolute Gasteiger partial charge is 0.317 e. The Bertz CT molecular complexity index is 470. The normalized spacial score (nSPS) is 13.5. The fraction of sp³-hybridized carbons (Fsp3) is 0.538. The van der Waals surface area contributed by atoms with E-state index in [-0.39, 0.29) is 5.75 Å². The Morgan fingerprint density at radius 2 is 2.11 bits per heavy atom. The van der Waals surface area contributed by atoms with Gasteiger partial charge >= 0.3 is 0 Å². The molecule has 1 unspecified atom stereocenters. The van der Waals surface area contributed by atoms with E-state index in [1.54, 1.807) is 18.2 Å². The highest BCUT2D eigenvalue weighted by Crippen LogP contribution is 2.18. The van der Waals surface area contributed by atoms with Crippen molar-refractivity contribution in [3.8, 4) is 0 Å². The van der Waals surface area contributed by atoms with Crippen LogP contribution in [0, 0.1) is 0 Å². The third kappa shape index (κ3) is 4.59. The molecule has 0 spiro atoms. The molecule has 1 rings (SSSR count). The van der Waals surface area contributed by atoms with E-state index in [1.165, 1.54) is 6.07 Å². The predicted octanol–water partition coefficient (Wildman–Crippen LogP) is 2.89. The lowest BCUT2D eigenvalue weighted by atomic mass is 10.1. The summed E-state index contributed by atoms with van der Waals surface area (Å²) in [7, 11) is -1.30. The summed E-state index contributed by atoms with van der Waals surface area (Å²) in [5.41, 5.74) is 0. The fourth-order valence-corrected chi connectivity index (χ4v) is 3.48. The molecule has 0 saturated carbocycles. The first kappa shape index (κ1) is 15.5. The van der Waals surface area contributed by atoms with Crippen molar-refractivity contribution < 1.29 is 8.42 Å². The number of nitrogens with one attached hydrogen (secondary N) is 1. The molecule has 1 N–H and O–H groups in total. The number of rotatable bonds is 7. The van der Waals surface area contributed by atoms with Crippen molar-refractivity contribution in [3.05, 3.63) is 29.3 Å². The Labute approximate surface area is 114 Å². The van der Waals surface area contributed by atoms with Crippen molar-refractivity contribution in [2.75, 3.05) is 12.8 Å². The smallest absolute Gasteiger partial charge is 0.178 e.